The highest BCUT2D eigenvalue weighted by Gasteiger charge is 2.16. The summed E-state index contributed by atoms with van der Waals surface area (Å²) < 4.78 is 18.9. The predicted octanol–water partition coefficient (Wildman–Crippen LogP) is 2.45. The number of nitrogens with two attached hydrogens (primary N) is 1. The van der Waals surface area contributed by atoms with Crippen LogP contribution in [0.3, 0.4) is 0 Å². The lowest BCUT2D eigenvalue weighted by atomic mass is 10.0. The Bertz CT molecular complexity index is 354. The number of rotatable bonds is 4. The lowest BCUT2D eigenvalue weighted by Gasteiger charge is -2.24. The Balaban J connectivity index is 2.79. The van der Waals surface area contributed by atoms with Gasteiger partial charge in [-0.3, -0.25) is 11.3 Å². The number of hydrogen-bond acceptors (Lipinski definition) is 3. The molecule has 0 aliphatic carbocycles. The standard InChI is InChI=1S/C13H21FN2O/c1-9-5-10(7-11(14)6-9)12(16-15)8-17-13(2,3)4/h5-7,12,16H,8,15H2,1-4H3. The van der Waals surface area contributed by atoms with E-state index in [2.05, 4.69) is 5.43 Å². The molecule has 0 spiro atoms. The Kier molecular flexibility index (Phi) is 4.62. The molecule has 1 rings (SSSR count). The summed E-state index contributed by atoms with van der Waals surface area (Å²) in [4.78, 5) is 0. The van der Waals surface area contributed by atoms with Crippen molar-refractivity contribution in [1.29, 1.82) is 0 Å². The van der Waals surface area contributed by atoms with E-state index >= 15 is 0 Å². The van der Waals surface area contributed by atoms with E-state index in [4.69, 9.17) is 10.6 Å². The number of hydrogen-bond donors (Lipinski definition) is 2. The van der Waals surface area contributed by atoms with Crippen molar-refractivity contribution in [3.63, 3.8) is 0 Å². The summed E-state index contributed by atoms with van der Waals surface area (Å²) in [5.74, 6) is 5.23. The minimum absolute atomic E-state index is 0.205. The third-order valence-corrected chi connectivity index (χ3v) is 2.35. The Morgan fingerprint density at radius 1 is 1.35 bits per heavy atom. The average Bonchev–Trinajstić information content (AvgIpc) is 2.15. The van der Waals surface area contributed by atoms with Crippen LogP contribution in [0.25, 0.3) is 0 Å². The van der Waals surface area contributed by atoms with Gasteiger partial charge in [-0.15, -0.1) is 0 Å². The molecule has 0 saturated carbocycles. The van der Waals surface area contributed by atoms with Gasteiger partial charge in [0.15, 0.2) is 0 Å². The van der Waals surface area contributed by atoms with E-state index in [-0.39, 0.29) is 17.5 Å². The first-order valence-electron chi connectivity index (χ1n) is 5.69. The molecule has 0 bridgehead atoms. The summed E-state index contributed by atoms with van der Waals surface area (Å²) in [5.41, 5.74) is 4.09. The third-order valence-electron chi connectivity index (χ3n) is 2.35. The van der Waals surface area contributed by atoms with Gasteiger partial charge in [0.25, 0.3) is 0 Å². The van der Waals surface area contributed by atoms with Crippen molar-refractivity contribution in [2.45, 2.75) is 39.3 Å². The normalized spacial score (nSPS) is 13.8. The molecule has 1 aromatic carbocycles. The van der Waals surface area contributed by atoms with E-state index in [1.807, 2.05) is 33.8 Å². The fourth-order valence-corrected chi connectivity index (χ4v) is 1.54. The summed E-state index contributed by atoms with van der Waals surface area (Å²) in [5, 5.41) is 0. The van der Waals surface area contributed by atoms with E-state index in [0.717, 1.165) is 11.1 Å². The van der Waals surface area contributed by atoms with Gasteiger partial charge in [-0.25, -0.2) is 4.39 Å². The molecule has 3 N–H and O–H groups in total. The lowest BCUT2D eigenvalue weighted by molar-refractivity contribution is -0.0148. The lowest BCUT2D eigenvalue weighted by Crippen LogP contribution is -2.34. The summed E-state index contributed by atoms with van der Waals surface area (Å²) >= 11 is 0. The number of benzene rings is 1. The second-order valence-electron chi connectivity index (χ2n) is 5.20. The van der Waals surface area contributed by atoms with Gasteiger partial charge >= 0.3 is 0 Å². The highest BCUT2D eigenvalue weighted by molar-refractivity contribution is 5.26. The molecule has 96 valence electrons. The number of ether oxygens (including phenoxy) is 1. The topological polar surface area (TPSA) is 47.3 Å². The number of nitrogens with one attached hydrogen (secondary N) is 1. The maximum atomic E-state index is 13.3. The molecule has 0 aliphatic heterocycles. The fourth-order valence-electron chi connectivity index (χ4n) is 1.54. The van der Waals surface area contributed by atoms with Crippen molar-refractivity contribution >= 4 is 0 Å². The van der Waals surface area contributed by atoms with Crippen molar-refractivity contribution in [3.05, 3.63) is 35.1 Å². The zero-order valence-electron chi connectivity index (χ0n) is 10.9. The van der Waals surface area contributed by atoms with Gasteiger partial charge < -0.3 is 4.74 Å². The molecule has 4 heteroatoms. The maximum absolute atomic E-state index is 13.3. The summed E-state index contributed by atoms with van der Waals surface area (Å²) in [6.07, 6.45) is 0. The van der Waals surface area contributed by atoms with Crippen LogP contribution in [-0.2, 0) is 4.74 Å². The van der Waals surface area contributed by atoms with Crippen molar-refractivity contribution < 1.29 is 9.13 Å². The van der Waals surface area contributed by atoms with Gasteiger partial charge in [-0.2, -0.15) is 0 Å². The Morgan fingerprint density at radius 2 is 2.00 bits per heavy atom. The molecule has 1 atom stereocenters. The third kappa shape index (κ3) is 4.81. The van der Waals surface area contributed by atoms with Crippen molar-refractivity contribution in [2.75, 3.05) is 6.61 Å². The quantitative estimate of drug-likeness (QED) is 0.628. The van der Waals surface area contributed by atoms with E-state index in [0.29, 0.717) is 6.61 Å². The van der Waals surface area contributed by atoms with Crippen LogP contribution >= 0.6 is 0 Å². The van der Waals surface area contributed by atoms with Crippen LogP contribution in [0.2, 0.25) is 0 Å². The van der Waals surface area contributed by atoms with E-state index < -0.39 is 0 Å². The van der Waals surface area contributed by atoms with Crippen molar-refractivity contribution in [3.8, 4) is 0 Å². The Morgan fingerprint density at radius 3 is 2.47 bits per heavy atom. The molecule has 0 heterocycles. The van der Waals surface area contributed by atoms with E-state index in [9.17, 15) is 4.39 Å². The molecule has 0 fully saturated rings. The van der Waals surface area contributed by atoms with Crippen LogP contribution in [0.5, 0.6) is 0 Å². The van der Waals surface area contributed by atoms with Gasteiger partial charge in [-0.1, -0.05) is 6.07 Å². The van der Waals surface area contributed by atoms with Crippen LogP contribution < -0.4 is 11.3 Å². The molecular formula is C13H21FN2O. The molecule has 0 amide bonds. The first kappa shape index (κ1) is 14.1. The first-order chi connectivity index (χ1) is 7.81. The molecule has 3 nitrogen and oxygen atoms in total. The molecule has 1 unspecified atom stereocenters. The second kappa shape index (κ2) is 5.58. The zero-order chi connectivity index (χ0) is 13.1. The summed E-state index contributed by atoms with van der Waals surface area (Å²) in [6, 6.07) is 4.66. The Labute approximate surface area is 102 Å². The van der Waals surface area contributed by atoms with Gasteiger partial charge in [0, 0.05) is 0 Å². The minimum atomic E-state index is -0.254. The molecule has 0 aromatic heterocycles. The molecule has 0 saturated heterocycles. The largest absolute Gasteiger partial charge is 0.374 e. The first-order valence-corrected chi connectivity index (χ1v) is 5.69. The average molecular weight is 240 g/mol. The SMILES string of the molecule is Cc1cc(F)cc(C(COC(C)(C)C)NN)c1. The molecule has 0 radical (unpaired) electrons. The van der Waals surface area contributed by atoms with Gasteiger partial charge in [-0.05, 0) is 51.0 Å². The monoisotopic (exact) mass is 240 g/mol. The summed E-state index contributed by atoms with van der Waals surface area (Å²) in [6.45, 7) is 8.17. The maximum Gasteiger partial charge on any atom is 0.123 e. The fraction of sp³-hybridized carbons (Fsp3) is 0.538. The van der Waals surface area contributed by atoms with Gasteiger partial charge in [0.05, 0.1) is 18.2 Å². The van der Waals surface area contributed by atoms with Crippen LogP contribution in [0, 0.1) is 12.7 Å². The van der Waals surface area contributed by atoms with E-state index in [1.54, 1.807) is 0 Å². The molecule has 17 heavy (non-hydrogen) atoms. The Hall–Kier alpha value is -0.970. The highest BCUT2D eigenvalue weighted by atomic mass is 19.1. The molecule has 0 aliphatic rings. The van der Waals surface area contributed by atoms with Crippen LogP contribution in [0.4, 0.5) is 4.39 Å². The van der Waals surface area contributed by atoms with Gasteiger partial charge in [0.1, 0.15) is 5.82 Å². The van der Waals surface area contributed by atoms with Crippen molar-refractivity contribution in [1.82, 2.24) is 5.43 Å². The van der Waals surface area contributed by atoms with Crippen LogP contribution in [-0.4, -0.2) is 12.2 Å². The minimum Gasteiger partial charge on any atom is -0.374 e. The van der Waals surface area contributed by atoms with Gasteiger partial charge in [0.2, 0.25) is 0 Å². The number of aryl methyl sites for hydroxylation is 1. The van der Waals surface area contributed by atoms with Crippen LogP contribution in [0.1, 0.15) is 37.9 Å². The second-order valence-corrected chi connectivity index (χ2v) is 5.20. The zero-order valence-corrected chi connectivity index (χ0v) is 10.9. The molecule has 1 aromatic rings. The van der Waals surface area contributed by atoms with E-state index in [1.165, 1.54) is 12.1 Å². The van der Waals surface area contributed by atoms with Crippen molar-refractivity contribution in [2.24, 2.45) is 5.84 Å². The number of halogens is 1. The smallest absolute Gasteiger partial charge is 0.123 e. The molecular weight excluding hydrogens is 219 g/mol. The summed E-state index contributed by atoms with van der Waals surface area (Å²) in [7, 11) is 0. The van der Waals surface area contributed by atoms with Crippen LogP contribution in [0.15, 0.2) is 18.2 Å². The predicted molar refractivity (Wildman–Crippen MR) is 66.9 cm³/mol. The highest BCUT2D eigenvalue weighted by Crippen LogP contribution is 2.18. The number of hydrazine groups is 1.